The summed E-state index contributed by atoms with van der Waals surface area (Å²) in [4.78, 5) is 35.8. The summed E-state index contributed by atoms with van der Waals surface area (Å²) < 4.78 is 0. The maximum Gasteiger partial charge on any atom is 0.253 e. The third-order valence-electron chi connectivity index (χ3n) is 5.15. The Bertz CT molecular complexity index is 666. The molecular formula is C19H26N4O3. The second-order valence-electron chi connectivity index (χ2n) is 6.80. The molecule has 7 nitrogen and oxygen atoms in total. The topological polar surface area (TPSA) is 65.5 Å². The largest absolute Gasteiger partial charge is 0.399 e. The minimum atomic E-state index is 0.00492. The van der Waals surface area contributed by atoms with Crippen LogP contribution in [-0.4, -0.2) is 85.7 Å². The second-order valence-corrected chi connectivity index (χ2v) is 6.80. The van der Waals surface area contributed by atoms with Gasteiger partial charge in [0, 0.05) is 31.7 Å². The molecule has 0 saturated carbocycles. The van der Waals surface area contributed by atoms with Crippen LogP contribution >= 0.6 is 0 Å². The van der Waals surface area contributed by atoms with Gasteiger partial charge >= 0.3 is 0 Å². The Morgan fingerprint density at radius 2 is 1.73 bits per heavy atom. The van der Waals surface area contributed by atoms with Crippen LogP contribution in [0.3, 0.4) is 0 Å². The number of rotatable bonds is 4. The van der Waals surface area contributed by atoms with Gasteiger partial charge in [0.1, 0.15) is 7.11 Å². The van der Waals surface area contributed by atoms with E-state index in [9.17, 15) is 9.59 Å². The van der Waals surface area contributed by atoms with E-state index in [0.29, 0.717) is 31.7 Å². The summed E-state index contributed by atoms with van der Waals surface area (Å²) in [5.74, 6) is 0.212. The summed E-state index contributed by atoms with van der Waals surface area (Å²) in [5.41, 5.74) is 1.52. The number of oxime groups is 1. The van der Waals surface area contributed by atoms with Gasteiger partial charge in [0.05, 0.1) is 12.3 Å². The van der Waals surface area contributed by atoms with E-state index in [1.165, 1.54) is 7.11 Å². The maximum absolute atomic E-state index is 12.7. The molecule has 2 aliphatic heterocycles. The standard InChI is InChI=1S/C19H26N4O3/c1-21-9-3-4-17(21)19(25)23-12-10-22(11-13-23)18(24)16-7-5-15(6-8-16)14-20-26-2/h5-8,14,17H,3-4,9-13H2,1-2H3/b20-14+. The lowest BCUT2D eigenvalue weighted by Crippen LogP contribution is -2.54. The van der Waals surface area contributed by atoms with E-state index in [1.807, 2.05) is 29.0 Å². The van der Waals surface area contributed by atoms with E-state index >= 15 is 0 Å². The van der Waals surface area contributed by atoms with E-state index in [4.69, 9.17) is 0 Å². The molecule has 140 valence electrons. The molecule has 0 N–H and O–H groups in total. The number of hydrogen-bond donors (Lipinski definition) is 0. The zero-order chi connectivity index (χ0) is 18.5. The maximum atomic E-state index is 12.7. The molecule has 2 amide bonds. The van der Waals surface area contributed by atoms with Gasteiger partial charge < -0.3 is 14.6 Å². The summed E-state index contributed by atoms with van der Waals surface area (Å²) in [7, 11) is 3.50. The van der Waals surface area contributed by atoms with E-state index in [0.717, 1.165) is 24.9 Å². The average molecular weight is 358 g/mol. The Morgan fingerprint density at radius 3 is 2.31 bits per heavy atom. The number of hydrogen-bond acceptors (Lipinski definition) is 5. The minimum Gasteiger partial charge on any atom is -0.399 e. The highest BCUT2D eigenvalue weighted by atomic mass is 16.6. The van der Waals surface area contributed by atoms with Crippen molar-refractivity contribution in [3.63, 3.8) is 0 Å². The summed E-state index contributed by atoms with van der Waals surface area (Å²) in [6.45, 7) is 3.35. The summed E-state index contributed by atoms with van der Waals surface area (Å²) >= 11 is 0. The van der Waals surface area contributed by atoms with Crippen molar-refractivity contribution < 1.29 is 14.4 Å². The van der Waals surface area contributed by atoms with Crippen LogP contribution < -0.4 is 0 Å². The number of nitrogens with zero attached hydrogens (tertiary/aromatic N) is 4. The van der Waals surface area contributed by atoms with Crippen molar-refractivity contribution in [1.29, 1.82) is 0 Å². The SMILES string of the molecule is CO/N=C/c1ccc(C(=O)N2CCN(C(=O)C3CCCN3C)CC2)cc1. The van der Waals surface area contributed by atoms with Crippen molar-refractivity contribution in [1.82, 2.24) is 14.7 Å². The quantitative estimate of drug-likeness (QED) is 0.596. The molecule has 7 heteroatoms. The lowest BCUT2D eigenvalue weighted by Gasteiger charge is -2.37. The number of carbonyl (C=O) groups excluding carboxylic acids is 2. The molecule has 2 fully saturated rings. The van der Waals surface area contributed by atoms with Gasteiger partial charge in [-0.15, -0.1) is 0 Å². The molecule has 0 aromatic heterocycles. The van der Waals surface area contributed by atoms with E-state index in [-0.39, 0.29) is 17.9 Å². The smallest absolute Gasteiger partial charge is 0.253 e. The molecule has 1 aromatic rings. The first kappa shape index (κ1) is 18.4. The molecule has 2 saturated heterocycles. The monoisotopic (exact) mass is 358 g/mol. The zero-order valence-electron chi connectivity index (χ0n) is 15.4. The third kappa shape index (κ3) is 4.04. The fraction of sp³-hybridized carbons (Fsp3) is 0.526. The third-order valence-corrected chi connectivity index (χ3v) is 5.15. The zero-order valence-corrected chi connectivity index (χ0v) is 15.4. The second kappa shape index (κ2) is 8.31. The van der Waals surface area contributed by atoms with Gasteiger partial charge in [0.25, 0.3) is 5.91 Å². The first-order valence-corrected chi connectivity index (χ1v) is 9.05. The Balaban J connectivity index is 1.55. The molecular weight excluding hydrogens is 332 g/mol. The molecule has 1 unspecified atom stereocenters. The number of piperazine rings is 1. The Morgan fingerprint density at radius 1 is 1.08 bits per heavy atom. The molecule has 0 bridgehead atoms. The van der Waals surface area contributed by atoms with Crippen LogP contribution in [0.25, 0.3) is 0 Å². The molecule has 26 heavy (non-hydrogen) atoms. The predicted molar refractivity (Wildman–Crippen MR) is 99.2 cm³/mol. The van der Waals surface area contributed by atoms with Crippen molar-refractivity contribution in [2.24, 2.45) is 5.16 Å². The highest BCUT2D eigenvalue weighted by Crippen LogP contribution is 2.18. The molecule has 0 radical (unpaired) electrons. The van der Waals surface area contributed by atoms with Gasteiger partial charge in [-0.1, -0.05) is 17.3 Å². The van der Waals surface area contributed by atoms with E-state index < -0.39 is 0 Å². The van der Waals surface area contributed by atoms with Crippen molar-refractivity contribution in [3.05, 3.63) is 35.4 Å². The van der Waals surface area contributed by atoms with Crippen molar-refractivity contribution >= 4 is 18.0 Å². The van der Waals surface area contributed by atoms with E-state index in [2.05, 4.69) is 14.9 Å². The van der Waals surface area contributed by atoms with Crippen LogP contribution in [0.4, 0.5) is 0 Å². The number of likely N-dealkylation sites (N-methyl/N-ethyl adjacent to an activating group) is 1. The van der Waals surface area contributed by atoms with Crippen molar-refractivity contribution in [2.45, 2.75) is 18.9 Å². The lowest BCUT2D eigenvalue weighted by atomic mass is 10.1. The first-order chi connectivity index (χ1) is 12.6. The molecule has 1 aromatic carbocycles. The highest BCUT2D eigenvalue weighted by molar-refractivity contribution is 5.95. The lowest BCUT2D eigenvalue weighted by molar-refractivity contribution is -0.137. The highest BCUT2D eigenvalue weighted by Gasteiger charge is 2.33. The van der Waals surface area contributed by atoms with Gasteiger partial charge in [0.2, 0.25) is 5.91 Å². The van der Waals surface area contributed by atoms with Gasteiger partial charge in [-0.05, 0) is 44.1 Å². The Kier molecular flexibility index (Phi) is 5.88. The van der Waals surface area contributed by atoms with Gasteiger partial charge in [-0.2, -0.15) is 0 Å². The predicted octanol–water partition coefficient (Wildman–Crippen LogP) is 1.05. The number of likely N-dealkylation sites (tertiary alicyclic amines) is 1. The number of benzene rings is 1. The Hall–Kier alpha value is -2.41. The van der Waals surface area contributed by atoms with Crippen LogP contribution in [0.5, 0.6) is 0 Å². The molecule has 0 spiro atoms. The van der Waals surface area contributed by atoms with Crippen molar-refractivity contribution in [2.75, 3.05) is 46.9 Å². The number of amides is 2. The van der Waals surface area contributed by atoms with Gasteiger partial charge in [-0.25, -0.2) is 0 Å². The van der Waals surface area contributed by atoms with Crippen LogP contribution in [0, 0.1) is 0 Å². The van der Waals surface area contributed by atoms with Gasteiger partial charge in [0.15, 0.2) is 0 Å². The summed E-state index contributed by atoms with van der Waals surface area (Å²) in [6, 6.07) is 7.28. The molecule has 2 aliphatic rings. The fourth-order valence-corrected chi connectivity index (χ4v) is 3.57. The normalized spacial score (nSPS) is 21.4. The van der Waals surface area contributed by atoms with Crippen LogP contribution in [0.1, 0.15) is 28.8 Å². The van der Waals surface area contributed by atoms with E-state index in [1.54, 1.807) is 18.3 Å². The summed E-state index contributed by atoms with van der Waals surface area (Å²) in [5, 5.41) is 3.71. The number of carbonyl (C=O) groups is 2. The molecule has 0 aliphatic carbocycles. The van der Waals surface area contributed by atoms with Crippen LogP contribution in [0.2, 0.25) is 0 Å². The summed E-state index contributed by atoms with van der Waals surface area (Å²) in [6.07, 6.45) is 3.61. The minimum absolute atomic E-state index is 0.00492. The molecule has 3 rings (SSSR count). The van der Waals surface area contributed by atoms with Gasteiger partial charge in [-0.3, -0.25) is 14.5 Å². The van der Waals surface area contributed by atoms with Crippen LogP contribution in [-0.2, 0) is 9.63 Å². The fourth-order valence-electron chi connectivity index (χ4n) is 3.57. The molecule has 2 heterocycles. The Labute approximate surface area is 154 Å². The van der Waals surface area contributed by atoms with Crippen LogP contribution in [0.15, 0.2) is 29.4 Å². The molecule has 1 atom stereocenters. The average Bonchev–Trinajstić information content (AvgIpc) is 3.11. The van der Waals surface area contributed by atoms with Crippen molar-refractivity contribution in [3.8, 4) is 0 Å². The first-order valence-electron chi connectivity index (χ1n) is 9.05.